The van der Waals surface area contributed by atoms with Gasteiger partial charge in [-0.15, -0.1) is 0 Å². The Kier molecular flexibility index (Phi) is 3.00. The third kappa shape index (κ3) is 2.66. The molecule has 13 heavy (non-hydrogen) atoms. The second-order valence-corrected chi connectivity index (χ2v) is 4.79. The molecule has 0 aromatic rings. The van der Waals surface area contributed by atoms with Gasteiger partial charge in [0.2, 0.25) is 0 Å². The van der Waals surface area contributed by atoms with Crippen LogP contribution < -0.4 is 0 Å². The lowest BCUT2D eigenvalue weighted by atomic mass is 9.85. The predicted octanol–water partition coefficient (Wildman–Crippen LogP) is 1.55. The molecule has 0 radical (unpaired) electrons. The van der Waals surface area contributed by atoms with E-state index in [2.05, 4.69) is 0 Å². The summed E-state index contributed by atoms with van der Waals surface area (Å²) in [5, 5.41) is 9.20. The molecule has 1 aliphatic heterocycles. The van der Waals surface area contributed by atoms with Gasteiger partial charge < -0.3 is 14.6 Å². The lowest BCUT2D eigenvalue weighted by Crippen LogP contribution is -2.47. The molecule has 1 saturated heterocycles. The molecular formula is C10H20O3. The number of ether oxygens (including phenoxy) is 2. The zero-order valence-corrected chi connectivity index (χ0v) is 8.96. The van der Waals surface area contributed by atoms with E-state index in [1.807, 2.05) is 27.7 Å². The standard InChI is InChI=1S/C10H20O3/c1-9(2,7-11)8-5-6-12-10(3,4)13-8/h8,11H,5-7H2,1-4H3. The van der Waals surface area contributed by atoms with E-state index in [1.165, 1.54) is 0 Å². The summed E-state index contributed by atoms with van der Waals surface area (Å²) in [6, 6.07) is 0. The quantitative estimate of drug-likeness (QED) is 0.714. The minimum atomic E-state index is -0.505. The fourth-order valence-corrected chi connectivity index (χ4v) is 1.50. The van der Waals surface area contributed by atoms with Crippen LogP contribution in [0.15, 0.2) is 0 Å². The maximum absolute atomic E-state index is 9.20. The van der Waals surface area contributed by atoms with Gasteiger partial charge in [-0.2, -0.15) is 0 Å². The summed E-state index contributed by atoms with van der Waals surface area (Å²) in [6.07, 6.45) is 0.943. The molecule has 1 N–H and O–H groups in total. The van der Waals surface area contributed by atoms with Crippen LogP contribution >= 0.6 is 0 Å². The van der Waals surface area contributed by atoms with Crippen molar-refractivity contribution in [1.82, 2.24) is 0 Å². The van der Waals surface area contributed by atoms with Crippen molar-refractivity contribution >= 4 is 0 Å². The first-order chi connectivity index (χ1) is 5.87. The Bertz CT molecular complexity index is 175. The summed E-state index contributed by atoms with van der Waals surface area (Å²) in [5.41, 5.74) is -0.180. The molecule has 3 heteroatoms. The number of aliphatic hydroxyl groups is 1. The van der Waals surface area contributed by atoms with E-state index >= 15 is 0 Å². The minimum Gasteiger partial charge on any atom is -0.396 e. The molecule has 0 aliphatic carbocycles. The van der Waals surface area contributed by atoms with Crippen LogP contribution in [0.2, 0.25) is 0 Å². The monoisotopic (exact) mass is 188 g/mol. The SMILES string of the molecule is CC1(C)OCCC(C(C)(C)CO)O1. The summed E-state index contributed by atoms with van der Waals surface area (Å²) in [4.78, 5) is 0. The fraction of sp³-hybridized carbons (Fsp3) is 1.00. The molecule has 0 amide bonds. The van der Waals surface area contributed by atoms with Crippen molar-refractivity contribution < 1.29 is 14.6 Å². The second kappa shape index (κ2) is 3.56. The first-order valence-electron chi connectivity index (χ1n) is 4.80. The van der Waals surface area contributed by atoms with Crippen molar-refractivity contribution in [3.8, 4) is 0 Å². The summed E-state index contributed by atoms with van der Waals surface area (Å²) < 4.78 is 11.2. The highest BCUT2D eigenvalue weighted by atomic mass is 16.7. The highest BCUT2D eigenvalue weighted by Crippen LogP contribution is 2.33. The second-order valence-electron chi connectivity index (χ2n) is 4.79. The van der Waals surface area contributed by atoms with Gasteiger partial charge in [-0.3, -0.25) is 0 Å². The van der Waals surface area contributed by atoms with Crippen molar-refractivity contribution in [3.63, 3.8) is 0 Å². The van der Waals surface area contributed by atoms with Crippen LogP contribution in [0.3, 0.4) is 0 Å². The molecule has 1 fully saturated rings. The van der Waals surface area contributed by atoms with E-state index in [1.54, 1.807) is 0 Å². The highest BCUT2D eigenvalue weighted by Gasteiger charge is 2.38. The van der Waals surface area contributed by atoms with Crippen molar-refractivity contribution in [2.24, 2.45) is 5.41 Å². The van der Waals surface area contributed by atoms with Gasteiger partial charge in [0.1, 0.15) is 0 Å². The molecule has 1 aliphatic rings. The molecule has 1 atom stereocenters. The normalized spacial score (nSPS) is 28.8. The molecule has 78 valence electrons. The smallest absolute Gasteiger partial charge is 0.163 e. The highest BCUT2D eigenvalue weighted by molar-refractivity contribution is 4.82. The summed E-state index contributed by atoms with van der Waals surface area (Å²) in [6.45, 7) is 8.70. The molecule has 1 rings (SSSR count). The Morgan fingerprint density at radius 1 is 1.46 bits per heavy atom. The van der Waals surface area contributed by atoms with Crippen molar-refractivity contribution in [2.75, 3.05) is 13.2 Å². The topological polar surface area (TPSA) is 38.7 Å². The number of aliphatic hydroxyl groups excluding tert-OH is 1. The van der Waals surface area contributed by atoms with E-state index in [9.17, 15) is 5.11 Å². The van der Waals surface area contributed by atoms with E-state index < -0.39 is 5.79 Å². The Morgan fingerprint density at radius 2 is 2.08 bits per heavy atom. The molecule has 3 nitrogen and oxygen atoms in total. The largest absolute Gasteiger partial charge is 0.396 e. The summed E-state index contributed by atoms with van der Waals surface area (Å²) in [5.74, 6) is -0.505. The molecule has 0 saturated carbocycles. The van der Waals surface area contributed by atoms with Crippen LogP contribution in [0.25, 0.3) is 0 Å². The lowest BCUT2D eigenvalue weighted by Gasteiger charge is -2.42. The first kappa shape index (κ1) is 11.0. The predicted molar refractivity (Wildman–Crippen MR) is 50.4 cm³/mol. The minimum absolute atomic E-state index is 0.0845. The van der Waals surface area contributed by atoms with Crippen LogP contribution in [-0.4, -0.2) is 30.2 Å². The third-order valence-electron chi connectivity index (χ3n) is 2.53. The third-order valence-corrected chi connectivity index (χ3v) is 2.53. The van der Waals surface area contributed by atoms with E-state index in [0.29, 0.717) is 6.61 Å². The average Bonchev–Trinajstić information content (AvgIpc) is 2.03. The Labute approximate surface area is 80.0 Å². The first-order valence-corrected chi connectivity index (χ1v) is 4.80. The molecule has 0 aromatic carbocycles. The van der Waals surface area contributed by atoms with Crippen LogP contribution in [0.5, 0.6) is 0 Å². The Balaban J connectivity index is 2.61. The van der Waals surface area contributed by atoms with Gasteiger partial charge in [-0.25, -0.2) is 0 Å². The van der Waals surface area contributed by atoms with E-state index in [0.717, 1.165) is 6.42 Å². The molecule has 1 heterocycles. The Hall–Kier alpha value is -0.120. The summed E-state index contributed by atoms with van der Waals surface area (Å²) in [7, 11) is 0. The zero-order chi connectivity index (χ0) is 10.1. The lowest BCUT2D eigenvalue weighted by molar-refractivity contribution is -0.293. The van der Waals surface area contributed by atoms with Gasteiger partial charge in [0.25, 0.3) is 0 Å². The van der Waals surface area contributed by atoms with Gasteiger partial charge in [0.15, 0.2) is 5.79 Å². The van der Waals surface area contributed by atoms with Crippen LogP contribution in [0.4, 0.5) is 0 Å². The average molecular weight is 188 g/mol. The van der Waals surface area contributed by atoms with E-state index in [-0.39, 0.29) is 18.1 Å². The fourth-order valence-electron chi connectivity index (χ4n) is 1.50. The Morgan fingerprint density at radius 3 is 2.54 bits per heavy atom. The van der Waals surface area contributed by atoms with Gasteiger partial charge in [0.05, 0.1) is 19.3 Å². The maximum atomic E-state index is 9.20. The number of hydrogen-bond donors (Lipinski definition) is 1. The van der Waals surface area contributed by atoms with Gasteiger partial charge in [0, 0.05) is 5.41 Å². The van der Waals surface area contributed by atoms with Crippen molar-refractivity contribution in [2.45, 2.75) is 46.0 Å². The van der Waals surface area contributed by atoms with Gasteiger partial charge >= 0.3 is 0 Å². The van der Waals surface area contributed by atoms with Crippen LogP contribution in [0.1, 0.15) is 34.1 Å². The van der Waals surface area contributed by atoms with Gasteiger partial charge in [-0.1, -0.05) is 13.8 Å². The molecule has 0 spiro atoms. The van der Waals surface area contributed by atoms with E-state index in [4.69, 9.17) is 9.47 Å². The molecule has 0 aromatic heterocycles. The van der Waals surface area contributed by atoms with Crippen molar-refractivity contribution in [3.05, 3.63) is 0 Å². The molecule has 1 unspecified atom stereocenters. The zero-order valence-electron chi connectivity index (χ0n) is 8.96. The van der Waals surface area contributed by atoms with Crippen LogP contribution in [0, 0.1) is 5.41 Å². The maximum Gasteiger partial charge on any atom is 0.163 e. The number of rotatable bonds is 2. The number of hydrogen-bond acceptors (Lipinski definition) is 3. The summed E-state index contributed by atoms with van der Waals surface area (Å²) >= 11 is 0. The van der Waals surface area contributed by atoms with Gasteiger partial charge in [-0.05, 0) is 20.3 Å². The van der Waals surface area contributed by atoms with Crippen LogP contribution in [-0.2, 0) is 9.47 Å². The molecular weight excluding hydrogens is 168 g/mol. The molecule has 0 bridgehead atoms. The van der Waals surface area contributed by atoms with Crippen molar-refractivity contribution in [1.29, 1.82) is 0 Å².